The van der Waals surface area contributed by atoms with Gasteiger partial charge in [-0.15, -0.1) is 0 Å². The average Bonchev–Trinajstić information content (AvgIpc) is 2.91. The van der Waals surface area contributed by atoms with Gasteiger partial charge in [0.15, 0.2) is 0 Å². The Balaban J connectivity index is 1.69. The number of carbonyl (C=O) groups is 2. The fourth-order valence-corrected chi connectivity index (χ4v) is 4.27. The number of urea groups is 1. The van der Waals surface area contributed by atoms with Crippen LogP contribution in [0.15, 0.2) is 71.7 Å². The quantitative estimate of drug-likeness (QED) is 0.342. The van der Waals surface area contributed by atoms with E-state index in [2.05, 4.69) is 38.5 Å². The predicted octanol–water partition coefficient (Wildman–Crippen LogP) is 5.75. The summed E-state index contributed by atoms with van der Waals surface area (Å²) < 4.78 is 15.3. The number of fused-ring (bicyclic) bond motifs is 1. The molecule has 0 spiro atoms. The van der Waals surface area contributed by atoms with Gasteiger partial charge in [0.2, 0.25) is 5.91 Å². The van der Waals surface area contributed by atoms with E-state index in [0.29, 0.717) is 22.6 Å². The van der Waals surface area contributed by atoms with Crippen LogP contribution in [0.5, 0.6) is 0 Å². The number of anilines is 2. The first-order valence-corrected chi connectivity index (χ1v) is 12.3. The predicted molar refractivity (Wildman–Crippen MR) is 146 cm³/mol. The van der Waals surface area contributed by atoms with E-state index in [-0.39, 0.29) is 29.7 Å². The van der Waals surface area contributed by atoms with Crippen molar-refractivity contribution in [3.8, 4) is 0 Å². The van der Waals surface area contributed by atoms with Crippen molar-refractivity contribution in [1.29, 1.82) is 0 Å². The van der Waals surface area contributed by atoms with E-state index in [1.54, 1.807) is 30.3 Å². The number of amides is 3. The third-order valence-corrected chi connectivity index (χ3v) is 6.03. The van der Waals surface area contributed by atoms with E-state index in [0.717, 1.165) is 14.7 Å². The molecular formula is C27H26FIN4O2. The van der Waals surface area contributed by atoms with Crippen molar-refractivity contribution >= 4 is 51.6 Å². The fourth-order valence-electron chi connectivity index (χ4n) is 3.78. The van der Waals surface area contributed by atoms with Crippen LogP contribution in [0.2, 0.25) is 0 Å². The van der Waals surface area contributed by atoms with Crippen molar-refractivity contribution in [3.05, 3.63) is 92.8 Å². The summed E-state index contributed by atoms with van der Waals surface area (Å²) >= 11 is 2.22. The van der Waals surface area contributed by atoms with Gasteiger partial charge in [-0.2, -0.15) is 0 Å². The zero-order valence-corrected chi connectivity index (χ0v) is 21.8. The lowest BCUT2D eigenvalue weighted by Crippen LogP contribution is -2.43. The van der Waals surface area contributed by atoms with Gasteiger partial charge in [-0.1, -0.05) is 30.3 Å². The third kappa shape index (κ3) is 6.25. The fraction of sp³-hybridized carbons (Fsp3) is 0.222. The molecule has 3 N–H and O–H groups in total. The Labute approximate surface area is 217 Å². The molecule has 0 fully saturated rings. The van der Waals surface area contributed by atoms with Gasteiger partial charge in [-0.3, -0.25) is 9.79 Å². The summed E-state index contributed by atoms with van der Waals surface area (Å²) in [5.41, 5.74) is 3.55. The number of carbonyl (C=O) groups excluding carboxylic acids is 2. The molecule has 1 unspecified atom stereocenters. The number of nitrogens with zero attached hydrogens (tertiary/aromatic N) is 1. The van der Waals surface area contributed by atoms with Crippen LogP contribution >= 0.6 is 22.6 Å². The Morgan fingerprint density at radius 2 is 1.80 bits per heavy atom. The SMILES string of the molecule is CC(C)(C)NC(=O)Nc1ccc(C2=NC(Cc3ccccc3F)C(=O)Nc3ccc(I)cc32)cc1. The second-order valence-electron chi connectivity index (χ2n) is 9.37. The largest absolute Gasteiger partial charge is 0.333 e. The van der Waals surface area contributed by atoms with Gasteiger partial charge in [0, 0.05) is 32.3 Å². The molecule has 1 aliphatic rings. The second kappa shape index (κ2) is 10.2. The van der Waals surface area contributed by atoms with Crippen LogP contribution in [-0.4, -0.2) is 29.2 Å². The van der Waals surface area contributed by atoms with Crippen LogP contribution in [0, 0.1) is 9.39 Å². The summed E-state index contributed by atoms with van der Waals surface area (Å²) in [6.07, 6.45) is 0.139. The molecule has 0 radical (unpaired) electrons. The lowest BCUT2D eigenvalue weighted by molar-refractivity contribution is -0.117. The van der Waals surface area contributed by atoms with Crippen LogP contribution in [0.25, 0.3) is 0 Å². The number of halogens is 2. The summed E-state index contributed by atoms with van der Waals surface area (Å²) in [6.45, 7) is 5.73. The summed E-state index contributed by atoms with van der Waals surface area (Å²) in [5.74, 6) is -0.653. The van der Waals surface area contributed by atoms with E-state index in [4.69, 9.17) is 4.99 Å². The van der Waals surface area contributed by atoms with Crippen LogP contribution in [0.1, 0.15) is 37.5 Å². The monoisotopic (exact) mass is 584 g/mol. The molecule has 0 aliphatic carbocycles. The highest BCUT2D eigenvalue weighted by molar-refractivity contribution is 14.1. The Kier molecular flexibility index (Phi) is 7.20. The molecule has 180 valence electrons. The Morgan fingerprint density at radius 1 is 1.09 bits per heavy atom. The normalized spacial score (nSPS) is 15.4. The minimum Gasteiger partial charge on any atom is -0.333 e. The maximum atomic E-state index is 14.3. The molecule has 0 saturated carbocycles. The van der Waals surface area contributed by atoms with E-state index in [9.17, 15) is 14.0 Å². The number of rotatable bonds is 4. The van der Waals surface area contributed by atoms with Crippen molar-refractivity contribution in [2.45, 2.75) is 38.8 Å². The van der Waals surface area contributed by atoms with Gasteiger partial charge in [0.1, 0.15) is 11.9 Å². The number of hydrogen-bond donors (Lipinski definition) is 3. The molecule has 0 saturated heterocycles. The minimum atomic E-state index is -0.803. The first-order valence-electron chi connectivity index (χ1n) is 11.2. The van der Waals surface area contributed by atoms with E-state index < -0.39 is 6.04 Å². The molecule has 1 atom stereocenters. The molecule has 1 heterocycles. The van der Waals surface area contributed by atoms with Gasteiger partial charge >= 0.3 is 6.03 Å². The van der Waals surface area contributed by atoms with E-state index >= 15 is 0 Å². The minimum absolute atomic E-state index is 0.139. The van der Waals surface area contributed by atoms with Gasteiger partial charge in [-0.05, 0) is 85.3 Å². The Hall–Kier alpha value is -3.27. The average molecular weight is 584 g/mol. The highest BCUT2D eigenvalue weighted by Gasteiger charge is 2.27. The summed E-state index contributed by atoms with van der Waals surface area (Å²) in [7, 11) is 0. The zero-order chi connectivity index (χ0) is 25.2. The maximum Gasteiger partial charge on any atom is 0.319 e. The number of benzene rings is 3. The van der Waals surface area contributed by atoms with Gasteiger partial charge < -0.3 is 16.0 Å². The number of nitrogens with one attached hydrogen (secondary N) is 3. The van der Waals surface area contributed by atoms with Crippen molar-refractivity contribution in [3.63, 3.8) is 0 Å². The molecular weight excluding hydrogens is 558 g/mol. The molecule has 3 aromatic carbocycles. The molecule has 1 aliphatic heterocycles. The Bertz CT molecular complexity index is 1300. The van der Waals surface area contributed by atoms with Crippen molar-refractivity contribution in [1.82, 2.24) is 5.32 Å². The van der Waals surface area contributed by atoms with Gasteiger partial charge in [0.25, 0.3) is 0 Å². The summed E-state index contributed by atoms with van der Waals surface area (Å²) in [5, 5.41) is 8.64. The zero-order valence-electron chi connectivity index (χ0n) is 19.7. The highest BCUT2D eigenvalue weighted by Crippen LogP contribution is 2.28. The lowest BCUT2D eigenvalue weighted by Gasteiger charge is -2.20. The molecule has 0 bridgehead atoms. The number of hydrogen-bond acceptors (Lipinski definition) is 3. The lowest BCUT2D eigenvalue weighted by atomic mass is 10.00. The third-order valence-electron chi connectivity index (χ3n) is 5.36. The molecule has 35 heavy (non-hydrogen) atoms. The number of benzodiazepines with no additional fused rings is 1. The smallest absolute Gasteiger partial charge is 0.319 e. The van der Waals surface area contributed by atoms with Gasteiger partial charge in [0.05, 0.1) is 11.4 Å². The van der Waals surface area contributed by atoms with Crippen LogP contribution in [0.3, 0.4) is 0 Å². The summed E-state index contributed by atoms with van der Waals surface area (Å²) in [6, 6.07) is 18.3. The Morgan fingerprint density at radius 3 is 2.49 bits per heavy atom. The number of aliphatic imine (C=N–C) groups is 1. The molecule has 6 nitrogen and oxygen atoms in total. The van der Waals surface area contributed by atoms with Crippen molar-refractivity contribution in [2.75, 3.05) is 10.6 Å². The first-order chi connectivity index (χ1) is 16.6. The van der Waals surface area contributed by atoms with Crippen LogP contribution < -0.4 is 16.0 Å². The molecule has 8 heteroatoms. The molecule has 0 aromatic heterocycles. The summed E-state index contributed by atoms with van der Waals surface area (Å²) in [4.78, 5) is 30.1. The van der Waals surface area contributed by atoms with Crippen molar-refractivity contribution in [2.24, 2.45) is 4.99 Å². The molecule has 3 amide bonds. The second-order valence-corrected chi connectivity index (χ2v) is 10.6. The van der Waals surface area contributed by atoms with E-state index in [1.807, 2.05) is 51.1 Å². The first kappa shape index (κ1) is 24.8. The van der Waals surface area contributed by atoms with Crippen LogP contribution in [-0.2, 0) is 11.2 Å². The molecule has 3 aromatic rings. The highest BCUT2D eigenvalue weighted by atomic mass is 127. The standard InChI is InChI=1S/C27H26FIN4O2/c1-27(2,3)33-26(35)30-19-11-8-16(9-12-19)24-20-15-18(29)10-13-22(20)32-25(34)23(31-24)14-17-6-4-5-7-21(17)28/h4-13,15,23H,14H2,1-3H3,(H,32,34)(H2,30,33,35). The topological polar surface area (TPSA) is 82.6 Å². The van der Waals surface area contributed by atoms with Gasteiger partial charge in [-0.25, -0.2) is 9.18 Å². The van der Waals surface area contributed by atoms with Crippen LogP contribution in [0.4, 0.5) is 20.6 Å². The van der Waals surface area contributed by atoms with E-state index in [1.165, 1.54) is 6.07 Å². The maximum absolute atomic E-state index is 14.3. The van der Waals surface area contributed by atoms with Crippen molar-refractivity contribution < 1.29 is 14.0 Å². The molecule has 4 rings (SSSR count).